The van der Waals surface area contributed by atoms with Gasteiger partial charge in [-0.15, -0.1) is 0 Å². The van der Waals surface area contributed by atoms with E-state index in [1.165, 1.54) is 0 Å². The normalized spacial score (nSPS) is 13.1. The van der Waals surface area contributed by atoms with Crippen molar-refractivity contribution in [2.45, 2.75) is 19.8 Å². The molecule has 0 fully saturated rings. The lowest BCUT2D eigenvalue weighted by Crippen LogP contribution is -2.38. The molecule has 0 radical (unpaired) electrons. The molecule has 1 amide bonds. The zero-order chi connectivity index (χ0) is 14.9. The van der Waals surface area contributed by atoms with Gasteiger partial charge >= 0.3 is 5.97 Å². The van der Waals surface area contributed by atoms with Crippen molar-refractivity contribution in [1.82, 2.24) is 5.32 Å². The number of quaternary nitrogens is 1. The third-order valence-electron chi connectivity index (χ3n) is 2.58. The van der Waals surface area contributed by atoms with Gasteiger partial charge in [-0.25, -0.2) is 0 Å². The minimum Gasteiger partial charge on any atom is -0.481 e. The average molecular weight is 275 g/mol. The summed E-state index contributed by atoms with van der Waals surface area (Å²) in [6.45, 7) is 3.84. The van der Waals surface area contributed by atoms with Crippen molar-refractivity contribution in [3.05, 3.63) is 0 Å². The van der Waals surface area contributed by atoms with Gasteiger partial charge in [-0.2, -0.15) is 0 Å². The highest BCUT2D eigenvalue weighted by molar-refractivity contribution is 5.78. The number of carboxylic acid groups (broad SMARTS) is 1. The van der Waals surface area contributed by atoms with E-state index in [-0.39, 0.29) is 31.5 Å². The van der Waals surface area contributed by atoms with Crippen LogP contribution in [0.4, 0.5) is 0 Å². The summed E-state index contributed by atoms with van der Waals surface area (Å²) in [5.41, 5.74) is 0. The molecule has 0 aliphatic heterocycles. The number of ether oxygens (including phenoxy) is 1. The number of aliphatic carboxylic acids is 1. The molecule has 0 heterocycles. The van der Waals surface area contributed by atoms with Crippen LogP contribution in [0, 0.1) is 5.92 Å². The van der Waals surface area contributed by atoms with Crippen LogP contribution < -0.4 is 5.32 Å². The highest BCUT2D eigenvalue weighted by Gasteiger charge is 2.13. The number of carbonyl (C=O) groups excluding carboxylic acids is 1. The number of carbonyl (C=O) groups is 2. The fraction of sp³-hybridized carbons (Fsp3) is 0.846. The predicted molar refractivity (Wildman–Crippen MR) is 72.8 cm³/mol. The zero-order valence-electron chi connectivity index (χ0n) is 12.4. The Kier molecular flexibility index (Phi) is 8.34. The van der Waals surface area contributed by atoms with Crippen LogP contribution in [0.15, 0.2) is 0 Å². The maximum absolute atomic E-state index is 11.7. The Morgan fingerprint density at radius 3 is 2.47 bits per heavy atom. The second-order valence-electron chi connectivity index (χ2n) is 5.78. The Hall–Kier alpha value is -1.14. The molecule has 112 valence electrons. The molecule has 0 rings (SSSR count). The molecule has 0 aliphatic rings. The van der Waals surface area contributed by atoms with Gasteiger partial charge in [0.2, 0.25) is 5.91 Å². The number of nitrogens with zero attached hydrogens (tertiary/aromatic N) is 1. The molecule has 0 aromatic heterocycles. The van der Waals surface area contributed by atoms with Crippen molar-refractivity contribution >= 4 is 11.9 Å². The summed E-state index contributed by atoms with van der Waals surface area (Å²) >= 11 is 0. The lowest BCUT2D eigenvalue weighted by molar-refractivity contribution is -0.870. The van der Waals surface area contributed by atoms with E-state index in [2.05, 4.69) is 26.5 Å². The van der Waals surface area contributed by atoms with Crippen LogP contribution in [-0.2, 0) is 14.3 Å². The average Bonchev–Trinajstić information content (AvgIpc) is 2.28. The standard InChI is InChI=1S/C13H26N2O4/c1-11(10-19-9-6-12(16)17)13(18)14-7-5-8-15(2,3)4/h11H,5-10H2,1-4H3,(H-,14,16,17,18)/p+1. The van der Waals surface area contributed by atoms with Gasteiger partial charge in [0.1, 0.15) is 0 Å². The van der Waals surface area contributed by atoms with Crippen molar-refractivity contribution in [2.24, 2.45) is 5.92 Å². The van der Waals surface area contributed by atoms with Gasteiger partial charge in [0.05, 0.1) is 53.2 Å². The largest absolute Gasteiger partial charge is 0.481 e. The van der Waals surface area contributed by atoms with Gasteiger partial charge < -0.3 is 19.6 Å². The highest BCUT2D eigenvalue weighted by Crippen LogP contribution is 1.98. The molecule has 0 saturated heterocycles. The minimum absolute atomic E-state index is 0.0299. The van der Waals surface area contributed by atoms with Crippen molar-refractivity contribution < 1.29 is 23.9 Å². The number of hydrogen-bond donors (Lipinski definition) is 2. The molecule has 0 aromatic rings. The van der Waals surface area contributed by atoms with E-state index in [0.717, 1.165) is 17.4 Å². The number of hydrogen-bond acceptors (Lipinski definition) is 3. The van der Waals surface area contributed by atoms with Gasteiger partial charge in [0, 0.05) is 13.0 Å². The van der Waals surface area contributed by atoms with E-state index >= 15 is 0 Å². The van der Waals surface area contributed by atoms with Crippen LogP contribution in [-0.4, -0.2) is 68.9 Å². The first kappa shape index (κ1) is 17.9. The van der Waals surface area contributed by atoms with Crippen molar-refractivity contribution in [3.63, 3.8) is 0 Å². The maximum Gasteiger partial charge on any atom is 0.305 e. The predicted octanol–water partition coefficient (Wildman–Crippen LogP) is 0.326. The first-order valence-corrected chi connectivity index (χ1v) is 6.60. The Morgan fingerprint density at radius 1 is 1.32 bits per heavy atom. The van der Waals surface area contributed by atoms with E-state index in [1.807, 2.05) is 0 Å². The molecule has 0 saturated carbocycles. The molecule has 0 aliphatic carbocycles. The maximum atomic E-state index is 11.7. The fourth-order valence-electron chi connectivity index (χ4n) is 1.43. The second-order valence-corrected chi connectivity index (χ2v) is 5.78. The van der Waals surface area contributed by atoms with E-state index in [1.54, 1.807) is 6.92 Å². The first-order valence-electron chi connectivity index (χ1n) is 6.60. The number of rotatable bonds is 10. The van der Waals surface area contributed by atoms with Gasteiger partial charge in [-0.3, -0.25) is 9.59 Å². The second kappa shape index (κ2) is 8.87. The Labute approximate surface area is 115 Å². The van der Waals surface area contributed by atoms with E-state index in [9.17, 15) is 9.59 Å². The summed E-state index contributed by atoms with van der Waals surface area (Å²) in [4.78, 5) is 22.0. The van der Waals surface area contributed by atoms with Crippen LogP contribution in [0.3, 0.4) is 0 Å². The lowest BCUT2D eigenvalue weighted by atomic mass is 10.2. The van der Waals surface area contributed by atoms with E-state index < -0.39 is 5.97 Å². The summed E-state index contributed by atoms with van der Waals surface area (Å²) in [6, 6.07) is 0. The van der Waals surface area contributed by atoms with Crippen molar-refractivity contribution in [2.75, 3.05) is 47.4 Å². The molecule has 2 N–H and O–H groups in total. The Bertz CT molecular complexity index is 287. The summed E-state index contributed by atoms with van der Waals surface area (Å²) in [7, 11) is 6.34. The van der Waals surface area contributed by atoms with Gasteiger partial charge in [-0.05, 0) is 0 Å². The van der Waals surface area contributed by atoms with Crippen molar-refractivity contribution in [3.8, 4) is 0 Å². The van der Waals surface area contributed by atoms with Crippen molar-refractivity contribution in [1.29, 1.82) is 0 Å². The molecule has 1 unspecified atom stereocenters. The third kappa shape index (κ3) is 11.7. The molecule has 19 heavy (non-hydrogen) atoms. The zero-order valence-corrected chi connectivity index (χ0v) is 12.4. The van der Waals surface area contributed by atoms with Gasteiger partial charge in [0.25, 0.3) is 0 Å². The highest BCUT2D eigenvalue weighted by atomic mass is 16.5. The molecule has 6 nitrogen and oxygen atoms in total. The minimum atomic E-state index is -0.891. The molecule has 1 atom stereocenters. The topological polar surface area (TPSA) is 75.6 Å². The van der Waals surface area contributed by atoms with Crippen LogP contribution in [0.25, 0.3) is 0 Å². The van der Waals surface area contributed by atoms with Gasteiger partial charge in [0.15, 0.2) is 0 Å². The fourth-order valence-corrected chi connectivity index (χ4v) is 1.43. The monoisotopic (exact) mass is 275 g/mol. The summed E-state index contributed by atoms with van der Waals surface area (Å²) < 4.78 is 6.02. The van der Waals surface area contributed by atoms with Crippen LogP contribution >= 0.6 is 0 Å². The van der Waals surface area contributed by atoms with E-state index in [4.69, 9.17) is 9.84 Å². The lowest BCUT2D eigenvalue weighted by Gasteiger charge is -2.23. The number of carboxylic acids is 1. The van der Waals surface area contributed by atoms with Gasteiger partial charge in [-0.1, -0.05) is 6.92 Å². The molecular formula is C13H27N2O4+. The smallest absolute Gasteiger partial charge is 0.305 e. The first-order chi connectivity index (χ1) is 8.72. The number of amides is 1. The molecular weight excluding hydrogens is 248 g/mol. The third-order valence-corrected chi connectivity index (χ3v) is 2.58. The van der Waals surface area contributed by atoms with Crippen LogP contribution in [0.5, 0.6) is 0 Å². The van der Waals surface area contributed by atoms with Crippen LogP contribution in [0.2, 0.25) is 0 Å². The molecule has 0 bridgehead atoms. The molecule has 6 heteroatoms. The SMILES string of the molecule is CC(COCCC(=O)O)C(=O)NCCC[N+](C)(C)C. The summed E-state index contributed by atoms with van der Waals surface area (Å²) in [6.07, 6.45) is 0.902. The summed E-state index contributed by atoms with van der Waals surface area (Å²) in [5.74, 6) is -1.19. The molecule has 0 aromatic carbocycles. The van der Waals surface area contributed by atoms with Crippen LogP contribution in [0.1, 0.15) is 19.8 Å². The molecule has 0 spiro atoms. The quantitative estimate of drug-likeness (QED) is 0.445. The Balaban J connectivity index is 3.62. The number of nitrogens with one attached hydrogen (secondary N) is 1. The Morgan fingerprint density at radius 2 is 1.95 bits per heavy atom. The summed E-state index contributed by atoms with van der Waals surface area (Å²) in [5, 5.41) is 11.3. The van der Waals surface area contributed by atoms with E-state index in [0.29, 0.717) is 6.54 Å².